The summed E-state index contributed by atoms with van der Waals surface area (Å²) >= 11 is 0. The van der Waals surface area contributed by atoms with E-state index in [1.54, 1.807) is 18.2 Å². The van der Waals surface area contributed by atoms with Crippen molar-refractivity contribution in [1.29, 1.82) is 15.8 Å². The van der Waals surface area contributed by atoms with Crippen LogP contribution in [0.2, 0.25) is 0 Å². The van der Waals surface area contributed by atoms with Crippen LogP contribution in [-0.2, 0) is 0 Å². The summed E-state index contributed by atoms with van der Waals surface area (Å²) in [5, 5.41) is 32.2. The van der Waals surface area contributed by atoms with Gasteiger partial charge in [0.15, 0.2) is 5.57 Å². The summed E-state index contributed by atoms with van der Waals surface area (Å²) < 4.78 is 0. The largest absolute Gasteiger partial charge is 0.345 e. The number of rotatable bonds is 3. The number of fused-ring (bicyclic) bond motifs is 1. The van der Waals surface area contributed by atoms with E-state index in [0.29, 0.717) is 5.69 Å². The second-order valence-corrected chi connectivity index (χ2v) is 5.32. The molecule has 1 N–H and O–H groups in total. The van der Waals surface area contributed by atoms with Crippen molar-refractivity contribution < 1.29 is 0 Å². The van der Waals surface area contributed by atoms with Crippen LogP contribution in [0.25, 0.3) is 21.9 Å². The molecule has 0 unspecified atom stereocenters. The fourth-order valence-corrected chi connectivity index (χ4v) is 2.67. The maximum atomic E-state index is 9.18. The normalized spacial score (nSPS) is 9.48. The number of nitrogens with zero attached hydrogens (tertiary/aromatic N) is 3. The molecule has 0 spiro atoms. The van der Waals surface area contributed by atoms with E-state index in [2.05, 4.69) is 23.5 Å². The minimum atomic E-state index is -0.238. The lowest BCUT2D eigenvalue weighted by Crippen LogP contribution is -2.00. The van der Waals surface area contributed by atoms with Crippen molar-refractivity contribution in [2.45, 2.75) is 0 Å². The molecule has 0 aliphatic carbocycles. The third kappa shape index (κ3) is 3.17. The highest BCUT2D eigenvalue weighted by Crippen LogP contribution is 2.30. The third-order valence-electron chi connectivity index (χ3n) is 3.82. The van der Waals surface area contributed by atoms with Crippen molar-refractivity contribution in [1.82, 2.24) is 0 Å². The Morgan fingerprint density at radius 1 is 0.760 bits per heavy atom. The van der Waals surface area contributed by atoms with Gasteiger partial charge in [-0.1, -0.05) is 54.6 Å². The Bertz CT molecular complexity index is 1080. The highest BCUT2D eigenvalue weighted by Gasteiger charge is 2.08. The molecule has 4 nitrogen and oxygen atoms in total. The lowest BCUT2D eigenvalue weighted by molar-refractivity contribution is 1.37. The molecule has 0 fully saturated rings. The quantitative estimate of drug-likeness (QED) is 0.706. The lowest BCUT2D eigenvalue weighted by atomic mass is 9.98. The van der Waals surface area contributed by atoms with Crippen LogP contribution in [0.1, 0.15) is 0 Å². The topological polar surface area (TPSA) is 83.4 Å². The molecule has 0 aromatic heterocycles. The van der Waals surface area contributed by atoms with Gasteiger partial charge in [0.25, 0.3) is 0 Å². The molecule has 3 aromatic rings. The standard InChI is InChI=1S/C21H12N4/c22-12-17(13-23)21(14-24)25-18-8-3-7-16(11-18)20-10-4-6-15-5-1-2-9-19(15)20/h1-11,25H. The lowest BCUT2D eigenvalue weighted by Gasteiger charge is -2.10. The van der Waals surface area contributed by atoms with Gasteiger partial charge >= 0.3 is 0 Å². The smallest absolute Gasteiger partial charge is 0.163 e. The number of anilines is 1. The molecule has 0 saturated heterocycles. The molecule has 116 valence electrons. The summed E-state index contributed by atoms with van der Waals surface area (Å²) in [6, 6.07) is 27.1. The van der Waals surface area contributed by atoms with Crippen molar-refractivity contribution >= 4 is 16.5 Å². The fraction of sp³-hybridized carbons (Fsp3) is 0. The minimum Gasteiger partial charge on any atom is -0.345 e. The van der Waals surface area contributed by atoms with Gasteiger partial charge in [0, 0.05) is 5.69 Å². The van der Waals surface area contributed by atoms with Gasteiger partial charge in [-0.2, -0.15) is 15.8 Å². The Labute approximate surface area is 145 Å². The first-order chi connectivity index (χ1) is 12.3. The number of nitriles is 3. The fourth-order valence-electron chi connectivity index (χ4n) is 2.67. The van der Waals surface area contributed by atoms with Gasteiger partial charge in [-0.05, 0) is 34.0 Å². The Morgan fingerprint density at radius 2 is 1.48 bits per heavy atom. The van der Waals surface area contributed by atoms with Crippen LogP contribution < -0.4 is 5.32 Å². The van der Waals surface area contributed by atoms with Gasteiger partial charge in [-0.15, -0.1) is 0 Å². The molecule has 4 heteroatoms. The van der Waals surface area contributed by atoms with Crippen LogP contribution in [0.4, 0.5) is 5.69 Å². The summed E-state index contributed by atoms with van der Waals surface area (Å²) in [5.41, 5.74) is 2.41. The molecule has 0 heterocycles. The molecule has 0 atom stereocenters. The van der Waals surface area contributed by atoms with E-state index in [-0.39, 0.29) is 11.3 Å². The van der Waals surface area contributed by atoms with Crippen molar-refractivity contribution in [3.8, 4) is 29.3 Å². The van der Waals surface area contributed by atoms with Crippen LogP contribution in [0.5, 0.6) is 0 Å². The number of allylic oxidation sites excluding steroid dienone is 2. The highest BCUT2D eigenvalue weighted by atomic mass is 14.9. The summed E-state index contributed by atoms with van der Waals surface area (Å²) in [5.74, 6) is 0. The molecule has 0 radical (unpaired) electrons. The molecule has 0 bridgehead atoms. The van der Waals surface area contributed by atoms with Crippen LogP contribution in [-0.4, -0.2) is 0 Å². The predicted octanol–water partition coefficient (Wildman–Crippen LogP) is 4.74. The maximum absolute atomic E-state index is 9.18. The highest BCUT2D eigenvalue weighted by molar-refractivity contribution is 5.97. The monoisotopic (exact) mass is 320 g/mol. The summed E-state index contributed by atoms with van der Waals surface area (Å²) in [7, 11) is 0. The van der Waals surface area contributed by atoms with E-state index in [1.165, 1.54) is 0 Å². The minimum absolute atomic E-state index is 0.0555. The van der Waals surface area contributed by atoms with Gasteiger partial charge in [0.05, 0.1) is 0 Å². The summed E-state index contributed by atoms with van der Waals surface area (Å²) in [4.78, 5) is 0. The first kappa shape index (κ1) is 15.8. The molecule has 3 rings (SSSR count). The Morgan fingerprint density at radius 3 is 2.24 bits per heavy atom. The number of hydrogen-bond donors (Lipinski definition) is 1. The first-order valence-corrected chi connectivity index (χ1v) is 7.56. The van der Waals surface area contributed by atoms with E-state index in [0.717, 1.165) is 21.9 Å². The Hall–Kier alpha value is -4.07. The number of benzene rings is 3. The first-order valence-electron chi connectivity index (χ1n) is 7.56. The van der Waals surface area contributed by atoms with Crippen LogP contribution in [0, 0.1) is 34.0 Å². The zero-order chi connectivity index (χ0) is 17.6. The predicted molar refractivity (Wildman–Crippen MR) is 96.9 cm³/mol. The van der Waals surface area contributed by atoms with Crippen molar-refractivity contribution in [3.05, 3.63) is 78.0 Å². The number of nitrogens with one attached hydrogen (secondary N) is 1. The second-order valence-electron chi connectivity index (χ2n) is 5.32. The zero-order valence-electron chi connectivity index (χ0n) is 13.2. The molecule has 0 aliphatic rings. The van der Waals surface area contributed by atoms with Crippen molar-refractivity contribution in [2.75, 3.05) is 5.32 Å². The van der Waals surface area contributed by atoms with Crippen LogP contribution in [0.3, 0.4) is 0 Å². The van der Waals surface area contributed by atoms with Gasteiger partial charge in [-0.25, -0.2) is 0 Å². The molecule has 0 aliphatic heterocycles. The van der Waals surface area contributed by atoms with Crippen LogP contribution in [0.15, 0.2) is 78.0 Å². The molecular formula is C21H12N4. The van der Waals surface area contributed by atoms with Crippen molar-refractivity contribution in [3.63, 3.8) is 0 Å². The van der Waals surface area contributed by atoms with E-state index < -0.39 is 0 Å². The summed E-state index contributed by atoms with van der Waals surface area (Å²) in [6.45, 7) is 0. The second kappa shape index (κ2) is 7.01. The van der Waals surface area contributed by atoms with Gasteiger partial charge in [0.1, 0.15) is 23.9 Å². The Kier molecular flexibility index (Phi) is 4.43. The molecule has 0 amide bonds. The molecule has 25 heavy (non-hydrogen) atoms. The van der Waals surface area contributed by atoms with E-state index >= 15 is 0 Å². The molecular weight excluding hydrogens is 308 g/mol. The SMILES string of the molecule is N#CC(C#N)=C(C#N)Nc1cccc(-c2cccc3ccccc23)c1. The zero-order valence-corrected chi connectivity index (χ0v) is 13.2. The average molecular weight is 320 g/mol. The van der Waals surface area contributed by atoms with Gasteiger partial charge in [0.2, 0.25) is 0 Å². The summed E-state index contributed by atoms with van der Waals surface area (Å²) in [6.07, 6.45) is 0. The van der Waals surface area contributed by atoms with E-state index in [4.69, 9.17) is 10.5 Å². The molecule has 3 aromatic carbocycles. The maximum Gasteiger partial charge on any atom is 0.163 e. The van der Waals surface area contributed by atoms with Crippen molar-refractivity contribution in [2.24, 2.45) is 0 Å². The Balaban J connectivity index is 2.06. The number of hydrogen-bond acceptors (Lipinski definition) is 4. The third-order valence-corrected chi connectivity index (χ3v) is 3.82. The molecule has 0 saturated carbocycles. The van der Waals surface area contributed by atoms with E-state index in [9.17, 15) is 5.26 Å². The van der Waals surface area contributed by atoms with Gasteiger partial charge in [-0.3, -0.25) is 0 Å². The van der Waals surface area contributed by atoms with Crippen LogP contribution >= 0.6 is 0 Å². The van der Waals surface area contributed by atoms with Gasteiger partial charge < -0.3 is 5.32 Å². The average Bonchev–Trinajstić information content (AvgIpc) is 2.68. The van der Waals surface area contributed by atoms with E-state index in [1.807, 2.05) is 48.5 Å².